The minimum atomic E-state index is -0.275. The average Bonchev–Trinajstić information content (AvgIpc) is 3.24. The van der Waals surface area contributed by atoms with Crippen LogP contribution in [0.5, 0.6) is 0 Å². The number of para-hydroxylation sites is 1. The highest BCUT2D eigenvalue weighted by molar-refractivity contribution is 8.14. The zero-order valence-corrected chi connectivity index (χ0v) is 14.1. The van der Waals surface area contributed by atoms with Crippen molar-refractivity contribution in [3.63, 3.8) is 0 Å². The van der Waals surface area contributed by atoms with Gasteiger partial charge in [0.2, 0.25) is 0 Å². The molecule has 1 aliphatic heterocycles. The number of carbonyl (C=O) groups excluding carboxylic acids is 1. The fourth-order valence-corrected chi connectivity index (χ4v) is 3.87. The van der Waals surface area contributed by atoms with Gasteiger partial charge >= 0.3 is 0 Å². The van der Waals surface area contributed by atoms with Crippen molar-refractivity contribution >= 4 is 51.2 Å². The van der Waals surface area contributed by atoms with Crippen LogP contribution in [0.1, 0.15) is 10.4 Å². The van der Waals surface area contributed by atoms with Crippen LogP contribution in [0, 0.1) is 0 Å². The second-order valence-electron chi connectivity index (χ2n) is 5.25. The molecule has 1 fully saturated rings. The Kier molecular flexibility index (Phi) is 4.00. The molecular formula is C17H13ClN4OS. The number of pyridine rings is 1. The highest BCUT2D eigenvalue weighted by atomic mass is 35.5. The summed E-state index contributed by atoms with van der Waals surface area (Å²) in [7, 11) is 0. The first-order chi connectivity index (χ1) is 11.7. The number of H-pyrrole nitrogens is 1. The van der Waals surface area contributed by atoms with Gasteiger partial charge in [-0.3, -0.25) is 4.79 Å². The number of nitrogens with one attached hydrogen (secondary N) is 1. The molecule has 0 aliphatic carbocycles. The van der Waals surface area contributed by atoms with Crippen LogP contribution in [0.25, 0.3) is 11.0 Å². The van der Waals surface area contributed by atoms with E-state index in [1.54, 1.807) is 30.2 Å². The predicted octanol–water partition coefficient (Wildman–Crippen LogP) is 3.97. The molecule has 3 aromatic rings. The third kappa shape index (κ3) is 2.68. The number of benzene rings is 1. The molecule has 1 saturated heterocycles. The van der Waals surface area contributed by atoms with Crippen LogP contribution in [-0.4, -0.2) is 33.3 Å². The number of carbonyl (C=O) groups is 1. The first kappa shape index (κ1) is 15.2. The van der Waals surface area contributed by atoms with E-state index in [9.17, 15) is 4.79 Å². The molecule has 2 aromatic heterocycles. The van der Waals surface area contributed by atoms with Gasteiger partial charge in [-0.25, -0.2) is 4.98 Å². The van der Waals surface area contributed by atoms with Crippen LogP contribution >= 0.6 is 23.4 Å². The number of aromatic nitrogens is 2. The summed E-state index contributed by atoms with van der Waals surface area (Å²) >= 11 is 7.84. The maximum absolute atomic E-state index is 12.7. The van der Waals surface area contributed by atoms with E-state index in [0.29, 0.717) is 21.4 Å². The third-order valence-corrected chi connectivity index (χ3v) is 5.08. The largest absolute Gasteiger partial charge is 0.346 e. The molecule has 5 nitrogen and oxygen atoms in total. The second-order valence-corrected chi connectivity index (χ2v) is 6.72. The van der Waals surface area contributed by atoms with E-state index in [4.69, 9.17) is 11.6 Å². The number of halogens is 1. The zero-order valence-electron chi connectivity index (χ0n) is 12.6. The van der Waals surface area contributed by atoms with Crippen molar-refractivity contribution in [2.75, 3.05) is 17.2 Å². The van der Waals surface area contributed by atoms with E-state index in [-0.39, 0.29) is 5.91 Å². The van der Waals surface area contributed by atoms with Gasteiger partial charge in [0.1, 0.15) is 5.65 Å². The Morgan fingerprint density at radius 2 is 2.17 bits per heavy atom. The Balaban J connectivity index is 1.70. The van der Waals surface area contributed by atoms with Gasteiger partial charge in [-0.1, -0.05) is 35.5 Å². The highest BCUT2D eigenvalue weighted by Gasteiger charge is 2.24. The number of rotatable bonds is 2. The Labute approximate surface area is 147 Å². The summed E-state index contributed by atoms with van der Waals surface area (Å²) in [6, 6.07) is 11.1. The summed E-state index contributed by atoms with van der Waals surface area (Å²) < 4.78 is 0. The van der Waals surface area contributed by atoms with E-state index < -0.39 is 0 Å². The number of aliphatic imine (C=N–C) groups is 1. The Hall–Kier alpha value is -2.31. The monoisotopic (exact) mass is 356 g/mol. The zero-order chi connectivity index (χ0) is 16.5. The van der Waals surface area contributed by atoms with Crippen LogP contribution in [0.15, 0.2) is 53.8 Å². The molecule has 1 aliphatic rings. The summed E-state index contributed by atoms with van der Waals surface area (Å²) in [5.41, 5.74) is 2.10. The van der Waals surface area contributed by atoms with Crippen molar-refractivity contribution in [3.05, 3.63) is 59.4 Å². The van der Waals surface area contributed by atoms with E-state index in [0.717, 1.165) is 23.4 Å². The predicted molar refractivity (Wildman–Crippen MR) is 99.1 cm³/mol. The maximum Gasteiger partial charge on any atom is 0.280 e. The van der Waals surface area contributed by atoms with E-state index >= 15 is 0 Å². The molecule has 0 unspecified atom stereocenters. The smallest absolute Gasteiger partial charge is 0.280 e. The molecule has 1 aromatic carbocycles. The van der Waals surface area contributed by atoms with Gasteiger partial charge in [-0.05, 0) is 24.3 Å². The molecule has 0 bridgehead atoms. The first-order valence-corrected chi connectivity index (χ1v) is 8.80. The fourth-order valence-electron chi connectivity index (χ4n) is 2.68. The Morgan fingerprint density at radius 1 is 1.29 bits per heavy atom. The maximum atomic E-state index is 12.7. The van der Waals surface area contributed by atoms with Gasteiger partial charge in [-0.15, -0.1) is 0 Å². The molecule has 4 rings (SSSR count). The number of anilines is 1. The quantitative estimate of drug-likeness (QED) is 0.754. The molecule has 24 heavy (non-hydrogen) atoms. The number of amidine groups is 1. The summed E-state index contributed by atoms with van der Waals surface area (Å²) in [5.74, 6) is 0.594. The molecule has 0 saturated carbocycles. The minimum Gasteiger partial charge on any atom is -0.346 e. The average molecular weight is 357 g/mol. The normalized spacial score (nSPS) is 16.2. The first-order valence-electron chi connectivity index (χ1n) is 7.44. The molecule has 120 valence electrons. The lowest BCUT2D eigenvalue weighted by molar-refractivity contribution is 0.100. The van der Waals surface area contributed by atoms with E-state index in [2.05, 4.69) is 15.0 Å². The van der Waals surface area contributed by atoms with Crippen molar-refractivity contribution in [1.29, 1.82) is 0 Å². The van der Waals surface area contributed by atoms with Gasteiger partial charge in [0, 0.05) is 30.1 Å². The number of amides is 1. The summed E-state index contributed by atoms with van der Waals surface area (Å²) in [6.07, 6.45) is 3.38. The highest BCUT2D eigenvalue weighted by Crippen LogP contribution is 2.31. The van der Waals surface area contributed by atoms with Crippen LogP contribution < -0.4 is 4.90 Å². The molecule has 3 heterocycles. The minimum absolute atomic E-state index is 0.275. The van der Waals surface area contributed by atoms with Gasteiger partial charge in [0.15, 0.2) is 5.17 Å². The number of hydrogen-bond donors (Lipinski definition) is 1. The standard InChI is InChI=1S/C17H13ClN4OS/c18-13-3-1-2-4-14(13)22-9-10-24-17(22)21-16(23)12-6-8-20-15-11(12)5-7-19-15/h1-8H,9-10H2,(H,19,20). The second kappa shape index (κ2) is 6.30. The lowest BCUT2D eigenvalue weighted by Crippen LogP contribution is -2.24. The van der Waals surface area contributed by atoms with Crippen molar-refractivity contribution in [3.8, 4) is 0 Å². The molecule has 1 N–H and O–H groups in total. The van der Waals surface area contributed by atoms with Crippen LogP contribution in [0.4, 0.5) is 5.69 Å². The molecular weight excluding hydrogens is 344 g/mol. The summed E-state index contributed by atoms with van der Waals surface area (Å²) in [4.78, 5) is 26.2. The summed E-state index contributed by atoms with van der Waals surface area (Å²) in [6.45, 7) is 0.774. The van der Waals surface area contributed by atoms with Crippen molar-refractivity contribution in [2.24, 2.45) is 4.99 Å². The molecule has 7 heteroatoms. The topological polar surface area (TPSA) is 61.4 Å². The Bertz CT molecular complexity index is 952. The van der Waals surface area contributed by atoms with Crippen molar-refractivity contribution < 1.29 is 4.79 Å². The van der Waals surface area contributed by atoms with E-state index in [1.807, 2.05) is 35.2 Å². The SMILES string of the molecule is O=C(N=C1SCCN1c1ccccc1Cl)c1ccnc2[nH]ccc12. The summed E-state index contributed by atoms with van der Waals surface area (Å²) in [5, 5.41) is 2.10. The van der Waals surface area contributed by atoms with Gasteiger partial charge in [0.25, 0.3) is 5.91 Å². The number of fused-ring (bicyclic) bond motifs is 1. The number of thioether (sulfide) groups is 1. The number of nitrogens with zero attached hydrogens (tertiary/aromatic N) is 3. The van der Waals surface area contributed by atoms with Gasteiger partial charge in [0.05, 0.1) is 16.3 Å². The Morgan fingerprint density at radius 3 is 3.04 bits per heavy atom. The number of aromatic amines is 1. The third-order valence-electron chi connectivity index (χ3n) is 3.81. The molecule has 1 amide bonds. The van der Waals surface area contributed by atoms with Gasteiger partial charge < -0.3 is 9.88 Å². The lowest BCUT2D eigenvalue weighted by atomic mass is 10.2. The van der Waals surface area contributed by atoms with Crippen LogP contribution in [0.3, 0.4) is 0 Å². The van der Waals surface area contributed by atoms with Crippen molar-refractivity contribution in [1.82, 2.24) is 9.97 Å². The number of hydrogen-bond acceptors (Lipinski definition) is 3. The van der Waals surface area contributed by atoms with E-state index in [1.165, 1.54) is 0 Å². The van der Waals surface area contributed by atoms with Crippen LogP contribution in [0.2, 0.25) is 5.02 Å². The lowest BCUT2D eigenvalue weighted by Gasteiger charge is -2.18. The van der Waals surface area contributed by atoms with Crippen molar-refractivity contribution in [2.45, 2.75) is 0 Å². The van der Waals surface area contributed by atoms with Gasteiger partial charge in [-0.2, -0.15) is 4.99 Å². The molecule has 0 spiro atoms. The van der Waals surface area contributed by atoms with Crippen LogP contribution in [-0.2, 0) is 0 Å². The fraction of sp³-hybridized carbons (Fsp3) is 0.118. The molecule has 0 atom stereocenters. The molecule has 0 radical (unpaired) electrons.